The molecule has 0 saturated heterocycles. The Balaban J connectivity index is 1.39. The maximum absolute atomic E-state index is 12.6. The molecule has 5 heteroatoms. The van der Waals surface area contributed by atoms with Crippen LogP contribution in [0.1, 0.15) is 23.4 Å². The number of aromatic amines is 1. The molecule has 0 bridgehead atoms. The minimum atomic E-state index is -0.594. The Labute approximate surface area is 169 Å². The van der Waals surface area contributed by atoms with Gasteiger partial charge in [0.1, 0.15) is 5.82 Å². The predicted octanol–water partition coefficient (Wildman–Crippen LogP) is 3.76. The van der Waals surface area contributed by atoms with E-state index in [1.807, 2.05) is 66.7 Å². The number of H-pyrrole nitrogens is 1. The molecule has 4 rings (SSSR count). The van der Waals surface area contributed by atoms with E-state index in [0.29, 0.717) is 6.42 Å². The second kappa shape index (κ2) is 8.41. The maximum Gasteiger partial charge on any atom is 0.227 e. The molecule has 1 aliphatic rings. The lowest BCUT2D eigenvalue weighted by Gasteiger charge is -2.22. The summed E-state index contributed by atoms with van der Waals surface area (Å²) in [6.45, 7) is 0. The van der Waals surface area contributed by atoms with Crippen LogP contribution in [0.25, 0.3) is 0 Å². The van der Waals surface area contributed by atoms with Crippen LogP contribution in [-0.2, 0) is 11.2 Å². The van der Waals surface area contributed by atoms with E-state index >= 15 is 0 Å². The molecule has 0 fully saturated rings. The molecule has 1 aromatic heterocycles. The minimum Gasteiger partial charge on any atom is -0.349 e. The molecule has 1 atom stereocenters. The number of amides is 1. The Morgan fingerprint density at radius 1 is 1.03 bits per heavy atom. The molecule has 2 N–H and O–H groups in total. The van der Waals surface area contributed by atoms with Crippen molar-refractivity contribution in [2.75, 3.05) is 5.32 Å². The van der Waals surface area contributed by atoms with Gasteiger partial charge in [0.25, 0.3) is 0 Å². The van der Waals surface area contributed by atoms with Crippen molar-refractivity contribution in [2.45, 2.75) is 18.4 Å². The lowest BCUT2D eigenvalue weighted by molar-refractivity contribution is -0.116. The van der Waals surface area contributed by atoms with Gasteiger partial charge in [0.15, 0.2) is 0 Å². The van der Waals surface area contributed by atoms with Crippen LogP contribution in [0.5, 0.6) is 0 Å². The van der Waals surface area contributed by atoms with Crippen LogP contribution in [0.15, 0.2) is 84.1 Å². The van der Waals surface area contributed by atoms with Crippen molar-refractivity contribution in [2.24, 2.45) is 4.99 Å². The quantitative estimate of drug-likeness (QED) is 0.662. The van der Waals surface area contributed by atoms with Gasteiger partial charge in [-0.3, -0.25) is 9.79 Å². The molecular formula is C24H20N4O. The summed E-state index contributed by atoms with van der Waals surface area (Å²) in [6.07, 6.45) is 9.83. The second-order valence-electron chi connectivity index (χ2n) is 6.87. The van der Waals surface area contributed by atoms with Crippen LogP contribution in [0.4, 0.5) is 5.69 Å². The number of aliphatic imine (C=N–C) groups is 1. The van der Waals surface area contributed by atoms with Gasteiger partial charge in [0, 0.05) is 41.8 Å². The Morgan fingerprint density at radius 3 is 2.45 bits per heavy atom. The van der Waals surface area contributed by atoms with Gasteiger partial charge in [-0.25, -0.2) is 4.98 Å². The third kappa shape index (κ3) is 4.88. The molecule has 3 aromatic rings. The largest absolute Gasteiger partial charge is 0.349 e. The molecule has 1 aliphatic heterocycles. The number of hydrogen-bond donors (Lipinski definition) is 2. The lowest BCUT2D eigenvalue weighted by atomic mass is 9.91. The first-order valence-electron chi connectivity index (χ1n) is 9.39. The molecule has 2 aromatic carbocycles. The average Bonchev–Trinajstić information content (AvgIpc) is 3.41. The minimum absolute atomic E-state index is 0.0941. The Bertz CT molecular complexity index is 1070. The van der Waals surface area contributed by atoms with Crippen molar-refractivity contribution in [3.05, 3.63) is 96.1 Å². The molecule has 5 nitrogen and oxygen atoms in total. The first-order valence-corrected chi connectivity index (χ1v) is 9.39. The lowest BCUT2D eigenvalue weighted by Crippen LogP contribution is -2.32. The van der Waals surface area contributed by atoms with Crippen molar-refractivity contribution in [3.8, 4) is 11.8 Å². The summed E-state index contributed by atoms with van der Waals surface area (Å²) < 4.78 is 0. The Kier molecular flexibility index (Phi) is 5.35. The Morgan fingerprint density at radius 2 is 1.79 bits per heavy atom. The normalized spacial score (nSPS) is 17.0. The van der Waals surface area contributed by atoms with Crippen LogP contribution >= 0.6 is 0 Å². The highest BCUT2D eigenvalue weighted by atomic mass is 16.1. The fourth-order valence-corrected chi connectivity index (χ4v) is 3.20. The van der Waals surface area contributed by atoms with E-state index in [4.69, 9.17) is 0 Å². The molecule has 0 radical (unpaired) electrons. The van der Waals surface area contributed by atoms with E-state index in [1.54, 1.807) is 18.6 Å². The summed E-state index contributed by atoms with van der Waals surface area (Å²) in [7, 11) is 0. The van der Waals surface area contributed by atoms with Crippen molar-refractivity contribution in [3.63, 3.8) is 0 Å². The molecule has 1 amide bonds. The van der Waals surface area contributed by atoms with Gasteiger partial charge in [-0.05, 0) is 42.5 Å². The molecule has 29 heavy (non-hydrogen) atoms. The number of nitrogens with zero attached hydrogens (tertiary/aromatic N) is 2. The number of benzene rings is 2. The number of allylic oxidation sites excluding steroid dienone is 1. The monoisotopic (exact) mass is 380 g/mol. The number of aromatic nitrogens is 2. The molecule has 1 unspecified atom stereocenters. The van der Waals surface area contributed by atoms with Crippen LogP contribution < -0.4 is 5.32 Å². The number of hydrogen-bond acceptors (Lipinski definition) is 3. The SMILES string of the molecule is O=C(CC1(Cc2ncc[nH]2)C=CC=N1)Nc1ccc(C#Cc2ccccc2)cc1. The van der Waals surface area contributed by atoms with Gasteiger partial charge in [-0.1, -0.05) is 36.1 Å². The standard InChI is InChI=1S/C24H20N4O/c29-23(18-24(13-4-14-27-24)17-22-25-15-16-26-22)28-21-11-9-20(10-12-21)8-7-19-5-2-1-3-6-19/h1-6,9-16H,17-18H2,(H,25,26)(H,28,29). The fourth-order valence-electron chi connectivity index (χ4n) is 3.20. The van der Waals surface area contributed by atoms with Crippen molar-refractivity contribution >= 4 is 17.8 Å². The van der Waals surface area contributed by atoms with Gasteiger partial charge in [0.2, 0.25) is 5.91 Å². The highest BCUT2D eigenvalue weighted by molar-refractivity contribution is 5.92. The molecule has 2 heterocycles. The zero-order valence-electron chi connectivity index (χ0n) is 15.8. The van der Waals surface area contributed by atoms with Crippen molar-refractivity contribution in [1.82, 2.24) is 9.97 Å². The highest BCUT2D eigenvalue weighted by Crippen LogP contribution is 2.26. The Hall–Kier alpha value is -3.91. The molecule has 0 aliphatic carbocycles. The van der Waals surface area contributed by atoms with E-state index < -0.39 is 5.54 Å². The number of carbonyl (C=O) groups is 1. The molecular weight excluding hydrogens is 360 g/mol. The highest BCUT2D eigenvalue weighted by Gasteiger charge is 2.32. The molecule has 142 valence electrons. The van der Waals surface area contributed by atoms with E-state index in [0.717, 1.165) is 22.6 Å². The summed E-state index contributed by atoms with van der Waals surface area (Å²) in [5, 5.41) is 2.95. The zero-order valence-corrected chi connectivity index (χ0v) is 15.8. The summed E-state index contributed by atoms with van der Waals surface area (Å²) in [5.74, 6) is 6.97. The molecule has 0 saturated carbocycles. The topological polar surface area (TPSA) is 70.1 Å². The number of rotatable bonds is 5. The third-order valence-corrected chi connectivity index (χ3v) is 4.61. The maximum atomic E-state index is 12.6. The number of carbonyl (C=O) groups excluding carboxylic acids is 1. The van der Waals surface area contributed by atoms with Crippen LogP contribution in [0.3, 0.4) is 0 Å². The van der Waals surface area contributed by atoms with Crippen LogP contribution in [0, 0.1) is 11.8 Å². The first kappa shape index (κ1) is 18.5. The second-order valence-corrected chi connectivity index (χ2v) is 6.87. The number of imidazole rings is 1. The van der Waals surface area contributed by atoms with Gasteiger partial charge in [0.05, 0.1) is 12.0 Å². The van der Waals surface area contributed by atoms with Crippen LogP contribution in [0.2, 0.25) is 0 Å². The van der Waals surface area contributed by atoms with E-state index in [1.165, 1.54) is 0 Å². The summed E-state index contributed by atoms with van der Waals surface area (Å²) in [6, 6.07) is 17.4. The number of nitrogens with one attached hydrogen (secondary N) is 2. The zero-order chi connectivity index (χ0) is 19.9. The van der Waals surface area contributed by atoms with E-state index in [9.17, 15) is 4.79 Å². The van der Waals surface area contributed by atoms with Gasteiger partial charge >= 0.3 is 0 Å². The molecule has 0 spiro atoms. The number of anilines is 1. The fraction of sp³-hybridized carbons (Fsp3) is 0.125. The van der Waals surface area contributed by atoms with Gasteiger partial charge in [-0.2, -0.15) is 0 Å². The van der Waals surface area contributed by atoms with Crippen molar-refractivity contribution in [1.29, 1.82) is 0 Å². The van der Waals surface area contributed by atoms with Crippen molar-refractivity contribution < 1.29 is 4.79 Å². The summed E-state index contributed by atoms with van der Waals surface area (Å²) in [5.41, 5.74) is 2.00. The van der Waals surface area contributed by atoms with Gasteiger partial charge in [-0.15, -0.1) is 0 Å². The summed E-state index contributed by atoms with van der Waals surface area (Å²) >= 11 is 0. The smallest absolute Gasteiger partial charge is 0.227 e. The predicted molar refractivity (Wildman–Crippen MR) is 115 cm³/mol. The first-order chi connectivity index (χ1) is 14.2. The summed E-state index contributed by atoms with van der Waals surface area (Å²) in [4.78, 5) is 24.5. The average molecular weight is 380 g/mol. The van der Waals surface area contributed by atoms with Crippen LogP contribution in [-0.4, -0.2) is 27.6 Å². The van der Waals surface area contributed by atoms with E-state index in [2.05, 4.69) is 32.1 Å². The van der Waals surface area contributed by atoms with E-state index in [-0.39, 0.29) is 12.3 Å². The van der Waals surface area contributed by atoms with Gasteiger partial charge < -0.3 is 10.3 Å². The third-order valence-electron chi connectivity index (χ3n) is 4.61.